The molecule has 0 atom stereocenters. The Hall–Kier alpha value is -4.20. The predicted octanol–water partition coefficient (Wildman–Crippen LogP) is 8.04. The third-order valence-corrected chi connectivity index (χ3v) is 2.79. The minimum Gasteiger partial charge on any atom is -0.211 e. The summed E-state index contributed by atoms with van der Waals surface area (Å²) >= 11 is 0. The maximum Gasteiger partial charge on any atom is 0.240 e. The molecule has 6 heteroatoms. The van der Waals surface area contributed by atoms with Gasteiger partial charge in [-0.05, 0) is 42.3 Å². The number of nitrogens with zero attached hydrogens (tertiary/aromatic N) is 3. The second kappa shape index (κ2) is 25.1. The van der Waals surface area contributed by atoms with E-state index in [2.05, 4.69) is 49.6 Å². The van der Waals surface area contributed by atoms with Gasteiger partial charge in [0, 0.05) is 0 Å². The third kappa shape index (κ3) is 24.1. The molecule has 0 N–H and O–H groups in total. The fourth-order valence-corrected chi connectivity index (χ4v) is 1.67. The van der Waals surface area contributed by atoms with Crippen LogP contribution in [0, 0.1) is 5.92 Å². The van der Waals surface area contributed by atoms with Crippen LogP contribution < -0.4 is 0 Å². The van der Waals surface area contributed by atoms with Gasteiger partial charge in [-0.3, -0.25) is 0 Å². The van der Waals surface area contributed by atoms with Crippen LogP contribution in [0.4, 0.5) is 17.1 Å². The van der Waals surface area contributed by atoms with Crippen LogP contribution in [0.2, 0.25) is 0 Å². The summed E-state index contributed by atoms with van der Waals surface area (Å²) < 4.78 is 0. The maximum atomic E-state index is 9.68. The predicted molar refractivity (Wildman–Crippen MR) is 139 cm³/mol. The quantitative estimate of drug-likeness (QED) is 0.293. The number of benzene rings is 3. The molecule has 0 aliphatic heterocycles. The maximum absolute atomic E-state index is 9.68. The number of rotatable bonds is 3. The van der Waals surface area contributed by atoms with Crippen LogP contribution in [-0.4, -0.2) is 18.2 Å². The molecule has 3 aromatic rings. The summed E-state index contributed by atoms with van der Waals surface area (Å²) in [5.41, 5.74) is 1.94. The third-order valence-electron chi connectivity index (χ3n) is 2.79. The molecule has 0 fully saturated rings. The Bertz CT molecular complexity index is 859. The molecule has 0 radical (unpaired) electrons. The van der Waals surface area contributed by atoms with Gasteiger partial charge in [0.05, 0.1) is 17.1 Å². The zero-order chi connectivity index (χ0) is 25.9. The first kappa shape index (κ1) is 32.0. The van der Waals surface area contributed by atoms with Crippen molar-refractivity contribution in [2.45, 2.75) is 41.0 Å². The standard InChI is InChI=1S/3C7H5NO.C4H10.C3H8/c3*9-6-8-7-4-2-1-3-5-7;1-4(2)3;1-3-2/h3*1-5H;4H,1-3H3;3H2,1-2H3. The molecule has 0 unspecified atom stereocenters. The van der Waals surface area contributed by atoms with Crippen molar-refractivity contribution in [1.82, 2.24) is 0 Å². The molecule has 0 spiro atoms. The zero-order valence-electron chi connectivity index (χ0n) is 20.5. The van der Waals surface area contributed by atoms with Crippen molar-refractivity contribution in [3.8, 4) is 0 Å². The summed E-state index contributed by atoms with van der Waals surface area (Å²) in [6.07, 6.45) is 5.63. The van der Waals surface area contributed by atoms with E-state index in [-0.39, 0.29) is 0 Å². The van der Waals surface area contributed by atoms with E-state index < -0.39 is 0 Å². The molecule has 0 saturated heterocycles. The van der Waals surface area contributed by atoms with Gasteiger partial charge in [0.2, 0.25) is 18.2 Å². The van der Waals surface area contributed by atoms with Crippen LogP contribution >= 0.6 is 0 Å². The molecule has 0 amide bonds. The second-order valence-corrected chi connectivity index (χ2v) is 7.06. The van der Waals surface area contributed by atoms with Crippen molar-refractivity contribution in [3.63, 3.8) is 0 Å². The lowest BCUT2D eigenvalue weighted by molar-refractivity contribution is 0.564. The molecule has 0 aromatic heterocycles. The van der Waals surface area contributed by atoms with Crippen molar-refractivity contribution in [3.05, 3.63) is 91.0 Å². The van der Waals surface area contributed by atoms with E-state index in [1.165, 1.54) is 24.7 Å². The van der Waals surface area contributed by atoms with E-state index in [1.807, 2.05) is 54.6 Å². The highest BCUT2D eigenvalue weighted by Gasteiger charge is 1.81. The topological polar surface area (TPSA) is 88.3 Å². The first-order valence-corrected chi connectivity index (χ1v) is 10.8. The zero-order valence-corrected chi connectivity index (χ0v) is 20.5. The number of hydrogen-bond acceptors (Lipinski definition) is 6. The van der Waals surface area contributed by atoms with Crippen molar-refractivity contribution in [1.29, 1.82) is 0 Å². The summed E-state index contributed by atoms with van der Waals surface area (Å²) in [6, 6.07) is 26.9. The van der Waals surface area contributed by atoms with Crippen LogP contribution in [0.1, 0.15) is 41.0 Å². The van der Waals surface area contributed by atoms with Crippen molar-refractivity contribution >= 4 is 35.3 Å². The fraction of sp³-hybridized carbons (Fsp3) is 0.250. The Morgan fingerprint density at radius 1 is 0.529 bits per heavy atom. The molecule has 0 aliphatic rings. The number of carbonyl (C=O) groups excluding carboxylic acids is 3. The molecule has 178 valence electrons. The highest BCUT2D eigenvalue weighted by molar-refractivity contribution is 5.49. The molecule has 0 bridgehead atoms. The van der Waals surface area contributed by atoms with Crippen molar-refractivity contribution < 1.29 is 14.4 Å². The van der Waals surface area contributed by atoms with Gasteiger partial charge in [-0.15, -0.1) is 0 Å². The minimum absolute atomic E-state index is 0.646. The lowest BCUT2D eigenvalue weighted by atomic mass is 10.3. The normalized spacial score (nSPS) is 7.94. The number of hydrogen-bond donors (Lipinski definition) is 0. The van der Waals surface area contributed by atoms with Gasteiger partial charge in [0.25, 0.3) is 0 Å². The molecule has 0 heterocycles. The van der Waals surface area contributed by atoms with Gasteiger partial charge in [0.15, 0.2) is 0 Å². The van der Waals surface area contributed by atoms with E-state index in [1.54, 1.807) is 36.4 Å². The lowest BCUT2D eigenvalue weighted by Crippen LogP contribution is -1.66. The van der Waals surface area contributed by atoms with E-state index in [9.17, 15) is 14.4 Å². The van der Waals surface area contributed by atoms with Crippen LogP contribution in [-0.2, 0) is 14.4 Å². The Labute approximate surface area is 202 Å². The molecular weight excluding hydrogens is 426 g/mol. The summed E-state index contributed by atoms with van der Waals surface area (Å²) in [5.74, 6) is 0.833. The van der Waals surface area contributed by atoms with Crippen molar-refractivity contribution in [2.75, 3.05) is 0 Å². The summed E-state index contributed by atoms with van der Waals surface area (Å²) in [7, 11) is 0. The first-order valence-electron chi connectivity index (χ1n) is 10.8. The van der Waals surface area contributed by atoms with E-state index in [0.29, 0.717) is 17.1 Å². The Morgan fingerprint density at radius 3 is 0.853 bits per heavy atom. The summed E-state index contributed by atoms with van der Waals surface area (Å²) in [5, 5.41) is 0. The van der Waals surface area contributed by atoms with Gasteiger partial charge in [0.1, 0.15) is 0 Å². The summed E-state index contributed by atoms with van der Waals surface area (Å²) in [6.45, 7) is 10.8. The SMILES string of the molecule is CC(C)C.CCC.O=C=Nc1ccccc1.O=C=Nc1ccccc1.O=C=Nc1ccccc1. The molecule has 34 heavy (non-hydrogen) atoms. The Morgan fingerprint density at radius 2 is 0.706 bits per heavy atom. The van der Waals surface area contributed by atoms with Crippen LogP contribution in [0.25, 0.3) is 0 Å². The monoisotopic (exact) mass is 459 g/mol. The van der Waals surface area contributed by atoms with E-state index in [0.717, 1.165) is 5.92 Å². The van der Waals surface area contributed by atoms with Crippen LogP contribution in [0.3, 0.4) is 0 Å². The fourth-order valence-electron chi connectivity index (χ4n) is 1.67. The first-order chi connectivity index (χ1) is 16.4. The van der Waals surface area contributed by atoms with Gasteiger partial charge in [-0.2, -0.15) is 15.0 Å². The molecule has 0 aliphatic carbocycles. The smallest absolute Gasteiger partial charge is 0.211 e. The lowest BCUT2D eigenvalue weighted by Gasteiger charge is -1.83. The molecule has 3 aromatic carbocycles. The number of isocyanates is 3. The average molecular weight is 460 g/mol. The van der Waals surface area contributed by atoms with E-state index >= 15 is 0 Å². The van der Waals surface area contributed by atoms with Gasteiger partial charge < -0.3 is 0 Å². The van der Waals surface area contributed by atoms with Crippen molar-refractivity contribution in [2.24, 2.45) is 20.9 Å². The number of para-hydroxylation sites is 3. The highest BCUT2D eigenvalue weighted by atomic mass is 16.1. The minimum atomic E-state index is 0.646. The molecule has 6 nitrogen and oxygen atoms in total. The average Bonchev–Trinajstić information content (AvgIpc) is 2.83. The number of aliphatic imine (C=N–C) groups is 3. The Kier molecular flexibility index (Phi) is 23.6. The van der Waals surface area contributed by atoms with Crippen LogP contribution in [0.5, 0.6) is 0 Å². The van der Waals surface area contributed by atoms with Gasteiger partial charge in [-0.1, -0.05) is 95.6 Å². The Balaban J connectivity index is 0. The largest absolute Gasteiger partial charge is 0.240 e. The molecule has 3 rings (SSSR count). The second-order valence-electron chi connectivity index (χ2n) is 7.06. The van der Waals surface area contributed by atoms with Crippen LogP contribution in [0.15, 0.2) is 106 Å². The van der Waals surface area contributed by atoms with Gasteiger partial charge in [-0.25, -0.2) is 14.4 Å². The van der Waals surface area contributed by atoms with E-state index in [4.69, 9.17) is 0 Å². The highest BCUT2D eigenvalue weighted by Crippen LogP contribution is 2.08. The summed E-state index contributed by atoms with van der Waals surface area (Å²) in [4.78, 5) is 39.3. The van der Waals surface area contributed by atoms with Gasteiger partial charge >= 0.3 is 0 Å². The molecular formula is C28H33N3O3. The molecule has 0 saturated carbocycles.